The van der Waals surface area contributed by atoms with Crippen molar-refractivity contribution in [2.75, 3.05) is 6.61 Å². The van der Waals surface area contributed by atoms with Gasteiger partial charge in [-0.2, -0.15) is 8.78 Å². The molecule has 0 radical (unpaired) electrons. The number of aliphatic hydroxyl groups excluding tert-OH is 1. The maximum Gasteiger partial charge on any atom is 0.320 e. The number of aromatic nitrogens is 2. The summed E-state index contributed by atoms with van der Waals surface area (Å²) in [6.45, 7) is -2.95. The molecule has 1 aromatic heterocycles. The van der Waals surface area contributed by atoms with Gasteiger partial charge in [-0.05, 0) is 17.7 Å². The first-order valence-electron chi connectivity index (χ1n) is 5.52. The van der Waals surface area contributed by atoms with E-state index in [2.05, 4.69) is 4.98 Å². The van der Waals surface area contributed by atoms with Crippen LogP contribution in [0.5, 0.6) is 0 Å². The van der Waals surface area contributed by atoms with E-state index in [0.29, 0.717) is 16.1 Å². The van der Waals surface area contributed by atoms with Gasteiger partial charge < -0.3 is 10.8 Å². The van der Waals surface area contributed by atoms with Gasteiger partial charge in [0.05, 0.1) is 17.7 Å². The Hall–Kier alpha value is -1.50. The third kappa shape index (κ3) is 2.75. The molecular formula is C12H12ClF2N3O. The zero-order chi connectivity index (χ0) is 14.0. The largest absolute Gasteiger partial charge is 0.394 e. The predicted molar refractivity (Wildman–Crippen MR) is 67.9 cm³/mol. The Balaban J connectivity index is 2.52. The number of halogens is 3. The molecule has 4 nitrogen and oxygen atoms in total. The van der Waals surface area contributed by atoms with Crippen LogP contribution < -0.4 is 5.73 Å². The molecule has 0 amide bonds. The highest BCUT2D eigenvalue weighted by Gasteiger charge is 2.17. The van der Waals surface area contributed by atoms with Crippen LogP contribution in [-0.2, 0) is 0 Å². The van der Waals surface area contributed by atoms with Crippen molar-refractivity contribution in [3.8, 4) is 11.4 Å². The van der Waals surface area contributed by atoms with Gasteiger partial charge in [-0.25, -0.2) is 4.98 Å². The molecule has 0 saturated carbocycles. The maximum atomic E-state index is 12.8. The zero-order valence-corrected chi connectivity index (χ0v) is 10.6. The monoisotopic (exact) mass is 287 g/mol. The second-order valence-corrected chi connectivity index (χ2v) is 4.37. The van der Waals surface area contributed by atoms with Crippen LogP contribution in [0.15, 0.2) is 30.6 Å². The summed E-state index contributed by atoms with van der Waals surface area (Å²) in [5, 5.41) is 9.32. The molecule has 2 rings (SSSR count). The Kier molecular flexibility index (Phi) is 4.14. The molecule has 1 aromatic carbocycles. The Bertz CT molecular complexity index is 574. The quantitative estimate of drug-likeness (QED) is 0.908. The number of rotatable bonds is 4. The summed E-state index contributed by atoms with van der Waals surface area (Å²) in [5.74, 6) is 0.0620. The summed E-state index contributed by atoms with van der Waals surface area (Å²) < 4.78 is 26.4. The molecule has 2 aromatic rings. The molecule has 7 heteroatoms. The molecular weight excluding hydrogens is 276 g/mol. The minimum Gasteiger partial charge on any atom is -0.394 e. The standard InChI is InChI=1S/C12H12ClF2N3O/c13-9-2-1-7(10(16)6-19)5-8(9)11-17-3-4-18(11)12(14)15/h1-5,10,12,19H,6,16H2/t10-/m1/s1. The Morgan fingerprint density at radius 3 is 2.79 bits per heavy atom. The number of hydrogen-bond acceptors (Lipinski definition) is 3. The zero-order valence-electron chi connectivity index (χ0n) is 9.80. The van der Waals surface area contributed by atoms with Crippen molar-refractivity contribution in [3.05, 3.63) is 41.2 Å². The number of alkyl halides is 2. The molecule has 1 atom stereocenters. The predicted octanol–water partition coefficient (Wildman–Crippen LogP) is 2.59. The second kappa shape index (κ2) is 5.64. The normalized spacial score (nSPS) is 12.9. The summed E-state index contributed by atoms with van der Waals surface area (Å²) in [5.41, 5.74) is 6.65. The molecule has 19 heavy (non-hydrogen) atoms. The number of nitrogens with two attached hydrogens (primary N) is 1. The van der Waals surface area contributed by atoms with Crippen LogP contribution >= 0.6 is 11.6 Å². The maximum absolute atomic E-state index is 12.8. The van der Waals surface area contributed by atoms with Crippen molar-refractivity contribution in [2.45, 2.75) is 12.6 Å². The van der Waals surface area contributed by atoms with Gasteiger partial charge in [0, 0.05) is 18.0 Å². The number of hydrogen-bond donors (Lipinski definition) is 2. The molecule has 0 bridgehead atoms. The topological polar surface area (TPSA) is 64.1 Å². The highest BCUT2D eigenvalue weighted by atomic mass is 35.5. The Labute approximate surface area is 113 Å². The number of imidazole rings is 1. The van der Waals surface area contributed by atoms with Crippen molar-refractivity contribution in [2.24, 2.45) is 5.73 Å². The highest BCUT2D eigenvalue weighted by molar-refractivity contribution is 6.33. The third-order valence-corrected chi connectivity index (χ3v) is 3.06. The molecule has 0 spiro atoms. The average molecular weight is 288 g/mol. The van der Waals surface area contributed by atoms with E-state index in [1.165, 1.54) is 12.4 Å². The Morgan fingerprint density at radius 2 is 2.16 bits per heavy atom. The van der Waals surface area contributed by atoms with Crippen molar-refractivity contribution in [3.63, 3.8) is 0 Å². The minimum absolute atomic E-state index is 0.0620. The molecule has 0 saturated heterocycles. The van der Waals surface area contributed by atoms with Crippen molar-refractivity contribution in [1.29, 1.82) is 0 Å². The molecule has 0 unspecified atom stereocenters. The fourth-order valence-electron chi connectivity index (χ4n) is 1.73. The lowest BCUT2D eigenvalue weighted by Crippen LogP contribution is -2.14. The van der Waals surface area contributed by atoms with E-state index in [1.54, 1.807) is 18.2 Å². The van der Waals surface area contributed by atoms with Crippen molar-refractivity contribution >= 4 is 11.6 Å². The summed E-state index contributed by atoms with van der Waals surface area (Å²) in [6.07, 6.45) is 2.45. The van der Waals surface area contributed by atoms with E-state index in [1.807, 2.05) is 0 Å². The van der Waals surface area contributed by atoms with Crippen molar-refractivity contribution in [1.82, 2.24) is 9.55 Å². The van der Waals surface area contributed by atoms with E-state index >= 15 is 0 Å². The van der Waals surface area contributed by atoms with Crippen LogP contribution in [-0.4, -0.2) is 21.3 Å². The second-order valence-electron chi connectivity index (χ2n) is 3.96. The van der Waals surface area contributed by atoms with Crippen LogP contribution in [0.25, 0.3) is 11.4 Å². The number of benzene rings is 1. The summed E-state index contributed by atoms with van der Waals surface area (Å²) in [6, 6.07) is 4.16. The van der Waals surface area contributed by atoms with E-state index in [0.717, 1.165) is 4.57 Å². The molecule has 102 valence electrons. The smallest absolute Gasteiger partial charge is 0.320 e. The minimum atomic E-state index is -2.70. The molecule has 3 N–H and O–H groups in total. The molecule has 0 aliphatic carbocycles. The van der Waals surface area contributed by atoms with E-state index in [4.69, 9.17) is 22.4 Å². The van der Waals surface area contributed by atoms with E-state index in [-0.39, 0.29) is 12.4 Å². The molecule has 0 aliphatic rings. The van der Waals surface area contributed by atoms with Crippen LogP contribution in [0.1, 0.15) is 18.2 Å². The van der Waals surface area contributed by atoms with Gasteiger partial charge in [-0.1, -0.05) is 17.7 Å². The van der Waals surface area contributed by atoms with Gasteiger partial charge >= 0.3 is 6.55 Å². The van der Waals surface area contributed by atoms with Crippen LogP contribution in [0, 0.1) is 0 Å². The number of aliphatic hydroxyl groups is 1. The van der Waals surface area contributed by atoms with Gasteiger partial charge in [-0.3, -0.25) is 4.57 Å². The van der Waals surface area contributed by atoms with Crippen LogP contribution in [0.4, 0.5) is 8.78 Å². The molecule has 0 aliphatic heterocycles. The fourth-order valence-corrected chi connectivity index (χ4v) is 1.93. The summed E-state index contributed by atoms with van der Waals surface area (Å²) in [7, 11) is 0. The summed E-state index contributed by atoms with van der Waals surface area (Å²) in [4.78, 5) is 3.89. The lowest BCUT2D eigenvalue weighted by molar-refractivity contribution is 0.0720. The van der Waals surface area contributed by atoms with E-state index in [9.17, 15) is 8.78 Å². The Morgan fingerprint density at radius 1 is 1.42 bits per heavy atom. The lowest BCUT2D eigenvalue weighted by atomic mass is 10.0. The van der Waals surface area contributed by atoms with Crippen molar-refractivity contribution < 1.29 is 13.9 Å². The van der Waals surface area contributed by atoms with Gasteiger partial charge in [0.1, 0.15) is 5.82 Å². The van der Waals surface area contributed by atoms with Crippen LogP contribution in [0.2, 0.25) is 5.02 Å². The van der Waals surface area contributed by atoms with Gasteiger partial charge in [0.15, 0.2) is 0 Å². The van der Waals surface area contributed by atoms with Gasteiger partial charge in [0.2, 0.25) is 0 Å². The van der Waals surface area contributed by atoms with Gasteiger partial charge in [0.25, 0.3) is 0 Å². The van der Waals surface area contributed by atoms with Crippen LogP contribution in [0.3, 0.4) is 0 Å². The number of nitrogens with zero attached hydrogens (tertiary/aromatic N) is 2. The first-order valence-corrected chi connectivity index (χ1v) is 5.89. The SMILES string of the molecule is N[C@H](CO)c1ccc(Cl)c(-c2nccn2C(F)F)c1. The van der Waals surface area contributed by atoms with Gasteiger partial charge in [-0.15, -0.1) is 0 Å². The van der Waals surface area contributed by atoms with E-state index < -0.39 is 12.6 Å². The fraction of sp³-hybridized carbons (Fsp3) is 0.250. The third-order valence-electron chi connectivity index (χ3n) is 2.74. The highest BCUT2D eigenvalue weighted by Crippen LogP contribution is 2.31. The summed E-state index contributed by atoms with van der Waals surface area (Å²) >= 11 is 6.01. The first-order chi connectivity index (χ1) is 9.04. The molecule has 1 heterocycles. The molecule has 0 fully saturated rings. The first kappa shape index (κ1) is 13.9. The average Bonchev–Trinajstić information content (AvgIpc) is 2.87. The lowest BCUT2D eigenvalue weighted by Gasteiger charge is -2.13.